The molecule has 0 unspecified atom stereocenters. The summed E-state index contributed by atoms with van der Waals surface area (Å²) >= 11 is 6.15. The highest BCUT2D eigenvalue weighted by Gasteiger charge is 2.46. The zero-order valence-electron chi connectivity index (χ0n) is 12.0. The van der Waals surface area contributed by atoms with Crippen LogP contribution in [0.3, 0.4) is 0 Å². The number of fused-ring (bicyclic) bond motifs is 4. The van der Waals surface area contributed by atoms with Crippen molar-refractivity contribution in [3.63, 3.8) is 0 Å². The zero-order chi connectivity index (χ0) is 14.5. The van der Waals surface area contributed by atoms with Gasteiger partial charge in [0.1, 0.15) is 16.9 Å². The highest BCUT2D eigenvalue weighted by atomic mass is 35.5. The molecule has 3 heterocycles. The maximum Gasteiger partial charge on any atom is 0.228 e. The van der Waals surface area contributed by atoms with Gasteiger partial charge in [0.2, 0.25) is 5.91 Å². The Balaban J connectivity index is 1.97. The highest BCUT2D eigenvalue weighted by Crippen LogP contribution is 2.47. The molecule has 0 radical (unpaired) electrons. The number of pyridine rings is 1. The number of likely N-dealkylation sites (tertiary alicyclic amines) is 1. The Morgan fingerprint density at radius 2 is 2.30 bits per heavy atom. The molecule has 0 saturated carbocycles. The lowest BCUT2D eigenvalue weighted by Crippen LogP contribution is -2.40. The Kier molecular flexibility index (Phi) is 3.16. The molecule has 2 bridgehead atoms. The minimum absolute atomic E-state index is 0.0454. The fraction of sp³-hybridized carbons (Fsp3) is 0.600. The lowest BCUT2D eigenvalue weighted by molar-refractivity contribution is -0.141. The Bertz CT molecular complexity index is 559. The maximum atomic E-state index is 12.8. The molecular weight excluding hydrogens is 276 g/mol. The minimum Gasteiger partial charge on any atom is -0.486 e. The summed E-state index contributed by atoms with van der Waals surface area (Å²) in [6.07, 6.45) is 5.06. The van der Waals surface area contributed by atoms with Gasteiger partial charge in [-0.1, -0.05) is 32.4 Å². The molecule has 5 heteroatoms. The van der Waals surface area contributed by atoms with Crippen LogP contribution in [0, 0.1) is 5.41 Å². The predicted octanol–water partition coefficient (Wildman–Crippen LogP) is 3.21. The van der Waals surface area contributed by atoms with Crippen molar-refractivity contribution >= 4 is 17.5 Å². The van der Waals surface area contributed by atoms with Crippen LogP contribution >= 0.6 is 11.6 Å². The smallest absolute Gasteiger partial charge is 0.228 e. The second-order valence-electron chi connectivity index (χ2n) is 6.23. The molecule has 1 aromatic heterocycles. The summed E-state index contributed by atoms with van der Waals surface area (Å²) in [5.41, 5.74) is 0.593. The largest absolute Gasteiger partial charge is 0.486 e. The predicted molar refractivity (Wildman–Crippen MR) is 76.8 cm³/mol. The summed E-state index contributed by atoms with van der Waals surface area (Å²) in [6.45, 7) is 6.67. The van der Waals surface area contributed by atoms with E-state index in [0.29, 0.717) is 17.3 Å². The summed E-state index contributed by atoms with van der Waals surface area (Å²) in [6, 6.07) is 0.0493. The Morgan fingerprint density at radius 3 is 3.00 bits per heavy atom. The van der Waals surface area contributed by atoms with Crippen LogP contribution < -0.4 is 4.74 Å². The number of nitrogens with zero attached hydrogens (tertiary/aromatic N) is 2. The Morgan fingerprint density at radius 1 is 1.55 bits per heavy atom. The first-order chi connectivity index (χ1) is 9.44. The van der Waals surface area contributed by atoms with Crippen molar-refractivity contribution in [2.45, 2.75) is 45.8 Å². The molecule has 1 amide bonds. The third-order valence-electron chi connectivity index (χ3n) is 4.51. The molecule has 0 aliphatic carbocycles. The van der Waals surface area contributed by atoms with Crippen LogP contribution in [-0.4, -0.2) is 28.4 Å². The van der Waals surface area contributed by atoms with Crippen molar-refractivity contribution in [1.82, 2.24) is 9.88 Å². The molecule has 1 fully saturated rings. The van der Waals surface area contributed by atoms with Gasteiger partial charge in [-0.25, -0.2) is 0 Å². The number of carbonyl (C=O) groups excluding carboxylic acids is 1. The van der Waals surface area contributed by atoms with E-state index in [1.807, 2.05) is 25.7 Å². The van der Waals surface area contributed by atoms with Crippen LogP contribution in [0.15, 0.2) is 12.4 Å². The van der Waals surface area contributed by atoms with Crippen LogP contribution in [0.25, 0.3) is 0 Å². The van der Waals surface area contributed by atoms with Crippen molar-refractivity contribution in [3.05, 3.63) is 23.0 Å². The number of carbonyl (C=O) groups is 1. The molecule has 108 valence electrons. The summed E-state index contributed by atoms with van der Waals surface area (Å²) in [5.74, 6) is 0.886. The summed E-state index contributed by atoms with van der Waals surface area (Å²) < 4.78 is 5.91. The standard InChI is InChI=1S/C15H19ClN2O2/c1-4-15(2,3)14(19)18-8-9-5-12(18)10-6-17-7-11(16)13(10)20-9/h6-7,9,12H,4-5,8H2,1-3H3/t9-,12-/m0/s1. The van der Waals surface area contributed by atoms with Crippen LogP contribution in [0.4, 0.5) is 0 Å². The third kappa shape index (κ3) is 1.97. The fourth-order valence-electron chi connectivity index (χ4n) is 2.91. The van der Waals surface area contributed by atoms with Gasteiger partial charge in [-0.15, -0.1) is 0 Å². The van der Waals surface area contributed by atoms with Crippen LogP contribution in [0.2, 0.25) is 5.02 Å². The summed E-state index contributed by atoms with van der Waals surface area (Å²) in [4.78, 5) is 18.8. The van der Waals surface area contributed by atoms with Gasteiger partial charge in [-0.05, 0) is 6.42 Å². The SMILES string of the molecule is CCC(C)(C)C(=O)N1C[C@@H]2C[C@H]1c1cncc(Cl)c1O2. The zero-order valence-corrected chi connectivity index (χ0v) is 12.8. The quantitative estimate of drug-likeness (QED) is 0.841. The number of ether oxygens (including phenoxy) is 1. The van der Waals surface area contributed by atoms with E-state index >= 15 is 0 Å². The van der Waals surface area contributed by atoms with E-state index in [0.717, 1.165) is 18.4 Å². The molecule has 3 rings (SSSR count). The molecule has 2 aliphatic heterocycles. The second kappa shape index (κ2) is 4.62. The molecule has 0 N–H and O–H groups in total. The van der Waals surface area contributed by atoms with Gasteiger partial charge in [0.15, 0.2) is 0 Å². The van der Waals surface area contributed by atoms with E-state index in [-0.39, 0.29) is 23.5 Å². The first kappa shape index (κ1) is 13.7. The summed E-state index contributed by atoms with van der Waals surface area (Å²) in [7, 11) is 0. The van der Waals surface area contributed by atoms with E-state index in [1.54, 1.807) is 12.4 Å². The van der Waals surface area contributed by atoms with Gasteiger partial charge < -0.3 is 9.64 Å². The minimum atomic E-state index is -0.344. The first-order valence-electron chi connectivity index (χ1n) is 7.05. The molecule has 20 heavy (non-hydrogen) atoms. The average molecular weight is 295 g/mol. The van der Waals surface area contributed by atoms with Crippen molar-refractivity contribution in [3.8, 4) is 5.75 Å². The monoisotopic (exact) mass is 294 g/mol. The molecule has 4 nitrogen and oxygen atoms in total. The van der Waals surface area contributed by atoms with Gasteiger partial charge in [0.25, 0.3) is 0 Å². The molecular formula is C15H19ClN2O2. The van der Waals surface area contributed by atoms with E-state index < -0.39 is 0 Å². The Hall–Kier alpha value is -1.29. The van der Waals surface area contributed by atoms with Gasteiger partial charge in [0, 0.05) is 29.8 Å². The van der Waals surface area contributed by atoms with Crippen molar-refractivity contribution in [2.24, 2.45) is 5.41 Å². The van der Waals surface area contributed by atoms with Crippen molar-refractivity contribution < 1.29 is 9.53 Å². The number of rotatable bonds is 2. The third-order valence-corrected chi connectivity index (χ3v) is 4.78. The molecule has 1 saturated heterocycles. The number of hydrogen-bond acceptors (Lipinski definition) is 3. The Labute approximate surface area is 124 Å². The van der Waals surface area contributed by atoms with Crippen LogP contribution in [0.5, 0.6) is 5.75 Å². The molecule has 2 atom stereocenters. The van der Waals surface area contributed by atoms with Gasteiger partial charge in [0.05, 0.1) is 12.6 Å². The number of amides is 1. The van der Waals surface area contributed by atoms with Gasteiger partial charge >= 0.3 is 0 Å². The number of hydrogen-bond donors (Lipinski definition) is 0. The van der Waals surface area contributed by atoms with E-state index in [2.05, 4.69) is 4.98 Å². The first-order valence-corrected chi connectivity index (χ1v) is 7.43. The van der Waals surface area contributed by atoms with E-state index in [4.69, 9.17) is 16.3 Å². The maximum absolute atomic E-state index is 12.8. The number of aromatic nitrogens is 1. The topological polar surface area (TPSA) is 42.4 Å². The molecule has 0 spiro atoms. The van der Waals surface area contributed by atoms with Crippen LogP contribution in [0.1, 0.15) is 45.2 Å². The summed E-state index contributed by atoms with van der Waals surface area (Å²) in [5, 5.41) is 0.529. The highest BCUT2D eigenvalue weighted by molar-refractivity contribution is 6.32. The number of halogens is 1. The van der Waals surface area contributed by atoms with Gasteiger partial charge in [-0.2, -0.15) is 0 Å². The second-order valence-corrected chi connectivity index (χ2v) is 6.63. The lowest BCUT2D eigenvalue weighted by atomic mass is 9.88. The van der Waals surface area contributed by atoms with Crippen LogP contribution in [-0.2, 0) is 4.79 Å². The average Bonchev–Trinajstić information content (AvgIpc) is 2.77. The normalized spacial score (nSPS) is 24.3. The van der Waals surface area contributed by atoms with Crippen molar-refractivity contribution in [1.29, 1.82) is 0 Å². The van der Waals surface area contributed by atoms with E-state index in [9.17, 15) is 4.79 Å². The lowest BCUT2D eigenvalue weighted by Gasteiger charge is -2.32. The van der Waals surface area contributed by atoms with Crippen molar-refractivity contribution in [2.75, 3.05) is 6.54 Å². The molecule has 2 aliphatic rings. The van der Waals surface area contributed by atoms with Gasteiger partial charge in [-0.3, -0.25) is 9.78 Å². The van der Waals surface area contributed by atoms with E-state index in [1.165, 1.54) is 0 Å². The fourth-order valence-corrected chi connectivity index (χ4v) is 3.12. The molecule has 0 aromatic carbocycles. The molecule has 1 aromatic rings.